The number of nitrogens with one attached hydrogen (secondary N) is 1. The summed E-state index contributed by atoms with van der Waals surface area (Å²) in [4.78, 5) is 28.8. The summed E-state index contributed by atoms with van der Waals surface area (Å²) in [6.45, 7) is 1.97. The van der Waals surface area contributed by atoms with Crippen LogP contribution in [0.3, 0.4) is 0 Å². The summed E-state index contributed by atoms with van der Waals surface area (Å²) in [6.07, 6.45) is 0.680. The number of anilines is 1. The molecular weight excluding hydrogens is 404 g/mol. The summed E-state index contributed by atoms with van der Waals surface area (Å²) < 4.78 is 5.29. The van der Waals surface area contributed by atoms with Crippen molar-refractivity contribution >= 4 is 29.2 Å². The van der Waals surface area contributed by atoms with Crippen LogP contribution in [0.1, 0.15) is 17.0 Å². The average Bonchev–Trinajstić information content (AvgIpc) is 3.13. The maximum absolute atomic E-state index is 12.9. The Morgan fingerprint density at radius 1 is 0.933 bits per heavy atom. The minimum Gasteiger partial charge on any atom is -0.350 e. The second-order valence-electron chi connectivity index (χ2n) is 7.01. The molecule has 0 spiro atoms. The molecule has 2 aromatic carbocycles. The minimum absolute atomic E-state index is 0.197. The van der Waals surface area contributed by atoms with Gasteiger partial charge < -0.3 is 19.6 Å². The maximum Gasteiger partial charge on any atom is 0.321 e. The molecule has 1 saturated heterocycles. The van der Waals surface area contributed by atoms with E-state index in [1.807, 2.05) is 30.3 Å². The van der Waals surface area contributed by atoms with E-state index in [1.54, 1.807) is 40.1 Å². The van der Waals surface area contributed by atoms with Crippen molar-refractivity contribution in [1.82, 2.24) is 15.0 Å². The number of benzene rings is 2. The van der Waals surface area contributed by atoms with Gasteiger partial charge in [0.05, 0.1) is 0 Å². The lowest BCUT2D eigenvalue weighted by molar-refractivity contribution is 0.0721. The Morgan fingerprint density at radius 3 is 2.40 bits per heavy atom. The van der Waals surface area contributed by atoms with Gasteiger partial charge in [0.25, 0.3) is 5.91 Å². The van der Waals surface area contributed by atoms with Crippen LogP contribution < -0.4 is 5.32 Å². The second kappa shape index (κ2) is 9.00. The Balaban J connectivity index is 1.37. The number of aromatic nitrogens is 1. The van der Waals surface area contributed by atoms with Gasteiger partial charge in [-0.2, -0.15) is 0 Å². The topological polar surface area (TPSA) is 78.7 Å². The normalized spacial score (nSPS) is 14.3. The largest absolute Gasteiger partial charge is 0.350 e. The molecule has 0 aliphatic carbocycles. The number of carbonyl (C=O) groups is 2. The molecule has 1 fully saturated rings. The van der Waals surface area contributed by atoms with Crippen LogP contribution in [0.25, 0.3) is 11.3 Å². The van der Waals surface area contributed by atoms with Gasteiger partial charge in [-0.15, -0.1) is 0 Å². The van der Waals surface area contributed by atoms with Gasteiger partial charge in [0.15, 0.2) is 0 Å². The van der Waals surface area contributed by atoms with Crippen molar-refractivity contribution in [2.24, 2.45) is 0 Å². The summed E-state index contributed by atoms with van der Waals surface area (Å²) in [6, 6.07) is 18.0. The summed E-state index contributed by atoms with van der Waals surface area (Å²) in [5.41, 5.74) is 2.19. The Kier molecular flexibility index (Phi) is 5.99. The molecule has 30 heavy (non-hydrogen) atoms. The van der Waals surface area contributed by atoms with E-state index in [2.05, 4.69) is 10.5 Å². The number of carbonyl (C=O) groups excluding carboxylic acids is 2. The molecule has 1 aromatic heterocycles. The highest BCUT2D eigenvalue weighted by Crippen LogP contribution is 2.20. The van der Waals surface area contributed by atoms with Crippen LogP contribution >= 0.6 is 11.6 Å². The van der Waals surface area contributed by atoms with E-state index in [0.29, 0.717) is 49.0 Å². The van der Waals surface area contributed by atoms with E-state index < -0.39 is 0 Å². The van der Waals surface area contributed by atoms with Crippen molar-refractivity contribution < 1.29 is 14.1 Å². The van der Waals surface area contributed by atoms with Gasteiger partial charge in [-0.05, 0) is 30.7 Å². The molecule has 8 heteroatoms. The molecule has 1 N–H and O–H groups in total. The standard InChI is InChI=1S/C22H21ClN4O3/c23-17-7-9-18(10-8-17)24-22(29)27-12-4-11-26(13-14-27)21(28)20-15-19(25-30-20)16-5-2-1-3-6-16/h1-3,5-10,15H,4,11-14H2,(H,24,29). The van der Waals surface area contributed by atoms with Crippen LogP contribution in [0.15, 0.2) is 65.2 Å². The third kappa shape index (κ3) is 4.63. The van der Waals surface area contributed by atoms with Gasteiger partial charge in [0.1, 0.15) is 5.69 Å². The van der Waals surface area contributed by atoms with Gasteiger partial charge in [0, 0.05) is 48.5 Å². The molecule has 0 radical (unpaired) electrons. The smallest absolute Gasteiger partial charge is 0.321 e. The SMILES string of the molecule is O=C(Nc1ccc(Cl)cc1)N1CCCN(C(=O)c2cc(-c3ccccc3)no2)CC1. The summed E-state index contributed by atoms with van der Waals surface area (Å²) in [5, 5.41) is 7.49. The lowest BCUT2D eigenvalue weighted by Gasteiger charge is -2.22. The number of halogens is 1. The lowest BCUT2D eigenvalue weighted by atomic mass is 10.1. The van der Waals surface area contributed by atoms with Gasteiger partial charge in [-0.3, -0.25) is 4.79 Å². The third-order valence-electron chi connectivity index (χ3n) is 4.96. The zero-order valence-corrected chi connectivity index (χ0v) is 17.0. The first-order valence-corrected chi connectivity index (χ1v) is 10.1. The molecule has 3 amide bonds. The minimum atomic E-state index is -0.218. The maximum atomic E-state index is 12.9. The number of rotatable bonds is 3. The molecule has 1 aliphatic rings. The van der Waals surface area contributed by atoms with Crippen molar-refractivity contribution in [1.29, 1.82) is 0 Å². The van der Waals surface area contributed by atoms with Crippen LogP contribution in [0.5, 0.6) is 0 Å². The van der Waals surface area contributed by atoms with E-state index in [1.165, 1.54) is 0 Å². The second-order valence-corrected chi connectivity index (χ2v) is 7.45. The number of nitrogens with zero attached hydrogens (tertiary/aromatic N) is 3. The van der Waals surface area contributed by atoms with Crippen molar-refractivity contribution in [2.45, 2.75) is 6.42 Å². The van der Waals surface area contributed by atoms with Gasteiger partial charge in [-0.1, -0.05) is 47.1 Å². The van der Waals surface area contributed by atoms with Gasteiger partial charge in [-0.25, -0.2) is 4.79 Å². The van der Waals surface area contributed by atoms with Crippen molar-refractivity contribution in [2.75, 3.05) is 31.5 Å². The molecule has 2 heterocycles. The number of hydrogen-bond donors (Lipinski definition) is 1. The highest BCUT2D eigenvalue weighted by Gasteiger charge is 2.25. The quantitative estimate of drug-likeness (QED) is 0.676. The highest BCUT2D eigenvalue weighted by molar-refractivity contribution is 6.30. The predicted molar refractivity (Wildman–Crippen MR) is 115 cm³/mol. The number of amides is 3. The molecule has 0 unspecified atom stereocenters. The van der Waals surface area contributed by atoms with E-state index in [-0.39, 0.29) is 17.7 Å². The first kappa shape index (κ1) is 20.0. The Labute approximate surface area is 179 Å². The number of urea groups is 1. The van der Waals surface area contributed by atoms with Crippen molar-refractivity contribution in [3.63, 3.8) is 0 Å². The summed E-state index contributed by atoms with van der Waals surface area (Å²) in [7, 11) is 0. The number of hydrogen-bond acceptors (Lipinski definition) is 4. The molecule has 154 valence electrons. The van der Waals surface area contributed by atoms with Crippen molar-refractivity contribution in [3.8, 4) is 11.3 Å². The molecule has 3 aromatic rings. The van der Waals surface area contributed by atoms with E-state index in [4.69, 9.17) is 16.1 Å². The fraction of sp³-hybridized carbons (Fsp3) is 0.227. The van der Waals surface area contributed by atoms with E-state index in [9.17, 15) is 9.59 Å². The van der Waals surface area contributed by atoms with Crippen LogP contribution in [-0.2, 0) is 0 Å². The van der Waals surface area contributed by atoms with E-state index in [0.717, 1.165) is 5.56 Å². The van der Waals surface area contributed by atoms with Crippen LogP contribution in [0, 0.1) is 0 Å². The molecule has 1 aliphatic heterocycles. The molecular formula is C22H21ClN4O3. The Hall–Kier alpha value is -3.32. The molecule has 4 rings (SSSR count). The fourth-order valence-electron chi connectivity index (χ4n) is 3.34. The van der Waals surface area contributed by atoms with Crippen LogP contribution in [-0.4, -0.2) is 53.1 Å². The molecule has 0 bridgehead atoms. The summed E-state index contributed by atoms with van der Waals surface area (Å²) in [5.74, 6) is -0.0161. The van der Waals surface area contributed by atoms with Gasteiger partial charge in [0.2, 0.25) is 5.76 Å². The van der Waals surface area contributed by atoms with Crippen LogP contribution in [0.2, 0.25) is 5.02 Å². The zero-order chi connectivity index (χ0) is 20.9. The van der Waals surface area contributed by atoms with Crippen molar-refractivity contribution in [3.05, 3.63) is 71.4 Å². The first-order valence-electron chi connectivity index (χ1n) is 9.73. The predicted octanol–water partition coefficient (Wildman–Crippen LogP) is 4.38. The molecule has 7 nitrogen and oxygen atoms in total. The average molecular weight is 425 g/mol. The molecule has 0 saturated carbocycles. The first-order chi connectivity index (χ1) is 14.6. The highest BCUT2D eigenvalue weighted by atomic mass is 35.5. The lowest BCUT2D eigenvalue weighted by Crippen LogP contribution is -2.39. The Morgan fingerprint density at radius 2 is 1.63 bits per heavy atom. The zero-order valence-electron chi connectivity index (χ0n) is 16.3. The Bertz CT molecular complexity index is 1020. The van der Waals surface area contributed by atoms with Gasteiger partial charge >= 0.3 is 6.03 Å². The molecule has 0 atom stereocenters. The summed E-state index contributed by atoms with van der Waals surface area (Å²) >= 11 is 5.88. The fourth-order valence-corrected chi connectivity index (χ4v) is 3.46. The van der Waals surface area contributed by atoms with E-state index >= 15 is 0 Å². The third-order valence-corrected chi connectivity index (χ3v) is 5.21. The monoisotopic (exact) mass is 424 g/mol. The van der Waals surface area contributed by atoms with Crippen LogP contribution in [0.4, 0.5) is 10.5 Å².